The summed E-state index contributed by atoms with van der Waals surface area (Å²) in [4.78, 5) is 11.2. The maximum Gasteiger partial charge on any atom is 0.235 e. The van der Waals surface area contributed by atoms with Gasteiger partial charge in [0, 0.05) is 48.3 Å². The average Bonchev–Trinajstić information content (AvgIpc) is 3.83. The van der Waals surface area contributed by atoms with Crippen molar-refractivity contribution in [3.63, 3.8) is 0 Å². The number of rotatable bonds is 3. The molecule has 0 spiro atoms. The number of nitrogens with zero attached hydrogens (tertiary/aromatic N) is 4. The molecule has 0 aliphatic carbocycles. The van der Waals surface area contributed by atoms with Crippen LogP contribution in [0.3, 0.4) is 0 Å². The maximum absolute atomic E-state index is 5.58. The highest BCUT2D eigenvalue weighted by Gasteiger charge is 2.25. The van der Waals surface area contributed by atoms with Crippen LogP contribution in [-0.2, 0) is 0 Å². The van der Waals surface area contributed by atoms with Crippen LogP contribution < -0.4 is 0 Å². The highest BCUT2D eigenvalue weighted by atomic mass is 32.1. The van der Waals surface area contributed by atoms with E-state index in [9.17, 15) is 0 Å². The van der Waals surface area contributed by atoms with Crippen LogP contribution in [-0.4, -0.2) is 19.1 Å². The summed E-state index contributed by atoms with van der Waals surface area (Å²) in [5, 5.41) is 8.42. The lowest BCUT2D eigenvalue weighted by atomic mass is 10.1. The Morgan fingerprint density at radius 2 is 1.10 bits per heavy atom. The number of benzene rings is 7. The van der Waals surface area contributed by atoms with Crippen LogP contribution in [0.2, 0.25) is 0 Å². The van der Waals surface area contributed by atoms with Crippen LogP contribution in [0.4, 0.5) is 0 Å². The first-order valence-corrected chi connectivity index (χ1v) is 17.3. The topological polar surface area (TPSA) is 35.6 Å². The Morgan fingerprint density at radius 1 is 0.429 bits per heavy atom. The number of aromatic nitrogens is 4. The molecule has 0 N–H and O–H groups in total. The number of hydrogen-bond donors (Lipinski definition) is 0. The van der Waals surface area contributed by atoms with Crippen LogP contribution in [0.1, 0.15) is 0 Å². The minimum atomic E-state index is 0.669. The fourth-order valence-corrected chi connectivity index (χ4v) is 9.05. The van der Waals surface area contributed by atoms with Crippen molar-refractivity contribution >= 4 is 86.0 Å². The van der Waals surface area contributed by atoms with E-state index >= 15 is 0 Å². The molecule has 11 aromatic rings. The molecule has 228 valence electrons. The second kappa shape index (κ2) is 10.1. The summed E-state index contributed by atoms with van der Waals surface area (Å²) in [6, 6.07) is 56.2. The summed E-state index contributed by atoms with van der Waals surface area (Å²) in [6.45, 7) is 0. The van der Waals surface area contributed by atoms with E-state index in [2.05, 4.69) is 167 Å². The predicted octanol–water partition coefficient (Wildman–Crippen LogP) is 11.9. The molecule has 5 heteroatoms. The quantitative estimate of drug-likeness (QED) is 0.192. The standard InChI is InChI=1S/C44H26N4S/c1-3-14-28(15-4-1)38-42-39(35-24-23-27-13-7-8-18-30(27)40(35)47(42)29-16-5-2-6-17-29)46-44(45-38)48-36-21-11-9-19-31(36)33-25-26-34-32-20-10-12-22-37(32)49-43(34)41(33)48/h1-26H. The molecule has 4 nitrogen and oxygen atoms in total. The van der Waals surface area contributed by atoms with Crippen molar-refractivity contribution in [2.24, 2.45) is 0 Å². The predicted molar refractivity (Wildman–Crippen MR) is 207 cm³/mol. The van der Waals surface area contributed by atoms with Gasteiger partial charge in [-0.15, -0.1) is 11.3 Å². The maximum atomic E-state index is 5.58. The van der Waals surface area contributed by atoms with Gasteiger partial charge in [0.1, 0.15) is 11.2 Å². The van der Waals surface area contributed by atoms with Gasteiger partial charge >= 0.3 is 0 Å². The molecule has 49 heavy (non-hydrogen) atoms. The first kappa shape index (κ1) is 26.7. The SMILES string of the molecule is c1ccc(-c2nc(-n3c4ccccc4c4ccc5c6ccccc6sc5c43)nc3c4ccc5ccccc5c4n(-c4ccccc4)c23)cc1. The lowest BCUT2D eigenvalue weighted by Gasteiger charge is -2.14. The van der Waals surface area contributed by atoms with Crippen LogP contribution in [0, 0.1) is 0 Å². The first-order chi connectivity index (χ1) is 24.3. The lowest BCUT2D eigenvalue weighted by Crippen LogP contribution is -2.05. The molecule has 0 radical (unpaired) electrons. The van der Waals surface area contributed by atoms with Gasteiger partial charge in [-0.05, 0) is 35.7 Å². The fourth-order valence-electron chi connectivity index (χ4n) is 7.81. The molecule has 4 heterocycles. The van der Waals surface area contributed by atoms with Gasteiger partial charge in [0.05, 0.1) is 26.8 Å². The zero-order chi connectivity index (χ0) is 32.1. The zero-order valence-corrected chi connectivity index (χ0v) is 27.0. The second-order valence-corrected chi connectivity index (χ2v) is 13.6. The van der Waals surface area contributed by atoms with Gasteiger partial charge in [-0.25, -0.2) is 9.97 Å². The van der Waals surface area contributed by atoms with Gasteiger partial charge < -0.3 is 4.57 Å². The third kappa shape index (κ3) is 3.73. The number of thiophene rings is 1. The highest BCUT2D eigenvalue weighted by Crippen LogP contribution is 2.44. The zero-order valence-electron chi connectivity index (χ0n) is 26.2. The van der Waals surface area contributed by atoms with Gasteiger partial charge in [-0.3, -0.25) is 4.57 Å². The van der Waals surface area contributed by atoms with Crippen molar-refractivity contribution in [2.45, 2.75) is 0 Å². The van der Waals surface area contributed by atoms with Gasteiger partial charge in [0.25, 0.3) is 0 Å². The molecule has 0 fully saturated rings. The third-order valence-corrected chi connectivity index (χ3v) is 11.1. The summed E-state index contributed by atoms with van der Waals surface area (Å²) >= 11 is 1.84. The summed E-state index contributed by atoms with van der Waals surface area (Å²) in [5.41, 5.74) is 8.34. The molecule has 4 aromatic heterocycles. The summed E-state index contributed by atoms with van der Waals surface area (Å²) in [7, 11) is 0. The Labute approximate surface area is 284 Å². The van der Waals surface area contributed by atoms with Gasteiger partial charge in [0.15, 0.2) is 0 Å². The summed E-state index contributed by atoms with van der Waals surface area (Å²) in [5.74, 6) is 0.669. The highest BCUT2D eigenvalue weighted by molar-refractivity contribution is 7.26. The Balaban J connectivity index is 1.37. The molecule has 0 atom stereocenters. The van der Waals surface area contributed by atoms with Crippen LogP contribution in [0.25, 0.3) is 97.6 Å². The van der Waals surface area contributed by atoms with E-state index in [-0.39, 0.29) is 0 Å². The van der Waals surface area contributed by atoms with Gasteiger partial charge in [-0.1, -0.05) is 127 Å². The number of hydrogen-bond acceptors (Lipinski definition) is 3. The van der Waals surface area contributed by atoms with Crippen LogP contribution in [0.5, 0.6) is 0 Å². The van der Waals surface area contributed by atoms with Crippen molar-refractivity contribution in [2.75, 3.05) is 0 Å². The minimum Gasteiger partial charge on any atom is -0.305 e. The molecular formula is C44H26N4S. The molecule has 0 unspecified atom stereocenters. The molecule has 0 amide bonds. The first-order valence-electron chi connectivity index (χ1n) is 16.5. The van der Waals surface area contributed by atoms with Gasteiger partial charge in [-0.2, -0.15) is 0 Å². The third-order valence-electron chi connectivity index (χ3n) is 9.92. The largest absolute Gasteiger partial charge is 0.305 e. The number of fused-ring (bicyclic) bond motifs is 12. The molecule has 0 aliphatic heterocycles. The van der Waals surface area contributed by atoms with Crippen LogP contribution in [0.15, 0.2) is 158 Å². The van der Waals surface area contributed by atoms with E-state index in [1.54, 1.807) is 0 Å². The summed E-state index contributed by atoms with van der Waals surface area (Å²) in [6.07, 6.45) is 0. The molecule has 0 bridgehead atoms. The molecule has 7 aromatic carbocycles. The van der Waals surface area contributed by atoms with Crippen LogP contribution >= 0.6 is 11.3 Å². The normalized spacial score (nSPS) is 12.1. The van der Waals surface area contributed by atoms with E-state index in [1.165, 1.54) is 41.7 Å². The van der Waals surface area contributed by atoms with Crippen molar-refractivity contribution in [3.05, 3.63) is 158 Å². The molecular weight excluding hydrogens is 617 g/mol. The second-order valence-electron chi connectivity index (χ2n) is 12.6. The van der Waals surface area contributed by atoms with Crippen molar-refractivity contribution in [3.8, 4) is 22.9 Å². The van der Waals surface area contributed by atoms with Crippen molar-refractivity contribution < 1.29 is 0 Å². The van der Waals surface area contributed by atoms with Gasteiger partial charge in [0.2, 0.25) is 5.95 Å². The minimum absolute atomic E-state index is 0.669. The molecule has 0 saturated carbocycles. The Hall–Kier alpha value is -6.30. The Kier molecular flexibility index (Phi) is 5.51. The average molecular weight is 643 g/mol. The fraction of sp³-hybridized carbons (Fsp3) is 0. The molecule has 11 rings (SSSR count). The van der Waals surface area contributed by atoms with E-state index < -0.39 is 0 Å². The Bertz CT molecular complexity index is 3100. The Morgan fingerprint density at radius 3 is 1.96 bits per heavy atom. The lowest BCUT2D eigenvalue weighted by molar-refractivity contribution is 1.01. The smallest absolute Gasteiger partial charge is 0.235 e. The van der Waals surface area contributed by atoms with E-state index in [0.717, 1.165) is 49.9 Å². The molecule has 0 saturated heterocycles. The van der Waals surface area contributed by atoms with Crippen molar-refractivity contribution in [1.29, 1.82) is 0 Å². The van der Waals surface area contributed by atoms with E-state index in [0.29, 0.717) is 5.95 Å². The molecule has 0 aliphatic rings. The monoisotopic (exact) mass is 642 g/mol. The number of para-hydroxylation sites is 2. The van der Waals surface area contributed by atoms with Crippen molar-refractivity contribution in [1.82, 2.24) is 19.1 Å². The van der Waals surface area contributed by atoms with E-state index in [4.69, 9.17) is 9.97 Å². The van der Waals surface area contributed by atoms with E-state index in [1.807, 2.05) is 11.3 Å². The summed E-state index contributed by atoms with van der Waals surface area (Å²) < 4.78 is 7.20.